The summed E-state index contributed by atoms with van der Waals surface area (Å²) in [5, 5.41) is 3.06. The lowest BCUT2D eigenvalue weighted by molar-refractivity contribution is -0.124. The minimum absolute atomic E-state index is 0.117. The van der Waals surface area contributed by atoms with E-state index in [1.165, 1.54) is 4.90 Å². The van der Waals surface area contributed by atoms with Crippen LogP contribution in [0.3, 0.4) is 0 Å². The highest BCUT2D eigenvalue weighted by Gasteiger charge is 2.35. The van der Waals surface area contributed by atoms with Crippen molar-refractivity contribution in [1.29, 1.82) is 0 Å². The summed E-state index contributed by atoms with van der Waals surface area (Å²) >= 11 is 0. The van der Waals surface area contributed by atoms with Crippen LogP contribution < -0.4 is 14.8 Å². The Morgan fingerprint density at radius 1 is 1.13 bits per heavy atom. The molecule has 4 aromatic rings. The molecule has 45 heavy (non-hydrogen) atoms. The Labute approximate surface area is 260 Å². The molecule has 1 fully saturated rings. The van der Waals surface area contributed by atoms with Gasteiger partial charge in [0.05, 0.1) is 31.4 Å². The topological polar surface area (TPSA) is 128 Å². The Bertz CT molecular complexity index is 1690. The van der Waals surface area contributed by atoms with Gasteiger partial charge in [0, 0.05) is 49.9 Å². The molecule has 1 N–H and O–H groups in total. The van der Waals surface area contributed by atoms with Crippen LogP contribution in [0, 0.1) is 0 Å². The number of ether oxygens (including phenoxy) is 3. The standard InChI is InChI=1S/C33H36N6O6/c1-4-37-19-30(40)35-27-17-38(32(42)28-18-39-11-6-10-34-33(39)36-28)12-9-29(27)43-20-22-7-5-8-24(13-22)45-26-15-23(31(37)41)14-25(16-26)44-21(2)3/h5-8,10-11,13-16,18,21,27,29H,4,9,12,17,19-20H2,1-3H3,(H,35,40)/t27-,29-/m0/s1. The first-order valence-corrected chi connectivity index (χ1v) is 15.1. The maximum atomic E-state index is 13.7. The number of imidazole rings is 1. The number of nitrogens with zero attached hydrogens (tertiary/aromatic N) is 5. The van der Waals surface area contributed by atoms with E-state index in [9.17, 15) is 14.4 Å². The Hall–Kier alpha value is -4.97. The number of carbonyl (C=O) groups is 3. The van der Waals surface area contributed by atoms with Crippen LogP contribution in [0.2, 0.25) is 0 Å². The minimum Gasteiger partial charge on any atom is -0.491 e. The molecule has 4 bridgehead atoms. The Kier molecular flexibility index (Phi) is 8.65. The summed E-state index contributed by atoms with van der Waals surface area (Å²) in [5.41, 5.74) is 1.50. The lowest BCUT2D eigenvalue weighted by Crippen LogP contribution is -2.58. The van der Waals surface area contributed by atoms with Crippen molar-refractivity contribution in [1.82, 2.24) is 29.5 Å². The van der Waals surface area contributed by atoms with Crippen LogP contribution in [0.25, 0.3) is 5.78 Å². The van der Waals surface area contributed by atoms with E-state index in [0.29, 0.717) is 48.1 Å². The summed E-state index contributed by atoms with van der Waals surface area (Å²) < 4.78 is 20.2. The number of piperidine rings is 1. The van der Waals surface area contributed by atoms with Gasteiger partial charge in [0.2, 0.25) is 11.7 Å². The molecule has 0 aliphatic carbocycles. The summed E-state index contributed by atoms with van der Waals surface area (Å²) in [7, 11) is 0. The molecule has 0 unspecified atom stereocenters. The molecule has 12 heteroatoms. The lowest BCUT2D eigenvalue weighted by Gasteiger charge is -2.38. The summed E-state index contributed by atoms with van der Waals surface area (Å²) in [5.74, 6) is 1.01. The van der Waals surface area contributed by atoms with Gasteiger partial charge < -0.3 is 29.3 Å². The number of rotatable bonds is 4. The molecular weight excluding hydrogens is 576 g/mol. The van der Waals surface area contributed by atoms with Gasteiger partial charge in [-0.15, -0.1) is 0 Å². The molecule has 12 nitrogen and oxygen atoms in total. The van der Waals surface area contributed by atoms with Crippen molar-refractivity contribution in [3.05, 3.63) is 83.9 Å². The number of fused-ring (bicyclic) bond motifs is 6. The van der Waals surface area contributed by atoms with E-state index < -0.39 is 6.04 Å². The fraction of sp³-hybridized carbons (Fsp3) is 0.364. The summed E-state index contributed by atoms with van der Waals surface area (Å²) in [6.45, 7) is 6.68. The van der Waals surface area contributed by atoms with Crippen LogP contribution in [0.5, 0.6) is 17.2 Å². The molecule has 0 radical (unpaired) electrons. The van der Waals surface area contributed by atoms with Crippen molar-refractivity contribution in [2.75, 3.05) is 26.2 Å². The number of amides is 3. The SMILES string of the molecule is CCN1CC(=O)N[C@H]2CN(C(=O)c3cn4cccnc4n3)CC[C@@H]2OCc2cccc(c2)Oc2cc(OC(C)C)cc(c2)C1=O. The van der Waals surface area contributed by atoms with E-state index >= 15 is 0 Å². The molecule has 4 heterocycles. The Morgan fingerprint density at radius 3 is 2.80 bits per heavy atom. The maximum absolute atomic E-state index is 13.7. The molecule has 234 valence electrons. The second kappa shape index (κ2) is 12.9. The van der Waals surface area contributed by atoms with Crippen LogP contribution >= 0.6 is 0 Å². The molecule has 2 aliphatic heterocycles. The quantitative estimate of drug-likeness (QED) is 0.370. The fourth-order valence-corrected chi connectivity index (χ4v) is 5.62. The summed E-state index contributed by atoms with van der Waals surface area (Å²) in [6, 6.07) is 13.8. The zero-order valence-electron chi connectivity index (χ0n) is 25.5. The number of aromatic nitrogens is 3. The predicted molar refractivity (Wildman–Crippen MR) is 164 cm³/mol. The average molecular weight is 613 g/mol. The highest BCUT2D eigenvalue weighted by atomic mass is 16.5. The number of likely N-dealkylation sites (tertiary alicyclic amines) is 1. The van der Waals surface area contributed by atoms with Crippen LogP contribution in [-0.4, -0.2) is 86.3 Å². The molecule has 3 amide bonds. The zero-order chi connectivity index (χ0) is 31.5. The van der Waals surface area contributed by atoms with Gasteiger partial charge >= 0.3 is 0 Å². The van der Waals surface area contributed by atoms with Crippen molar-refractivity contribution >= 4 is 23.5 Å². The molecule has 2 aliphatic rings. The molecule has 0 saturated carbocycles. The van der Waals surface area contributed by atoms with Crippen LogP contribution in [0.4, 0.5) is 0 Å². The van der Waals surface area contributed by atoms with Gasteiger partial charge in [0.25, 0.3) is 11.8 Å². The third-order valence-corrected chi connectivity index (χ3v) is 7.74. The van der Waals surface area contributed by atoms with Crippen LogP contribution in [-0.2, 0) is 16.1 Å². The monoisotopic (exact) mass is 612 g/mol. The number of nitrogens with one attached hydrogen (secondary N) is 1. The van der Waals surface area contributed by atoms with Crippen molar-refractivity contribution in [2.24, 2.45) is 0 Å². The van der Waals surface area contributed by atoms with E-state index in [-0.39, 0.29) is 55.3 Å². The number of likely N-dealkylation sites (N-methyl/N-ethyl adjacent to an activating group) is 1. The number of carbonyl (C=O) groups excluding carboxylic acids is 3. The highest BCUT2D eigenvalue weighted by Crippen LogP contribution is 2.30. The fourth-order valence-electron chi connectivity index (χ4n) is 5.62. The number of hydrogen-bond donors (Lipinski definition) is 1. The molecule has 2 aromatic heterocycles. The molecule has 2 aromatic carbocycles. The highest BCUT2D eigenvalue weighted by molar-refractivity contribution is 5.97. The summed E-state index contributed by atoms with van der Waals surface area (Å²) in [4.78, 5) is 52.3. The Balaban J connectivity index is 1.28. The first-order valence-electron chi connectivity index (χ1n) is 15.1. The third kappa shape index (κ3) is 6.91. The van der Waals surface area contributed by atoms with E-state index in [0.717, 1.165) is 5.56 Å². The van der Waals surface area contributed by atoms with E-state index in [1.807, 2.05) is 45.0 Å². The van der Waals surface area contributed by atoms with Gasteiger partial charge in [-0.3, -0.25) is 18.8 Å². The first-order chi connectivity index (χ1) is 21.7. The van der Waals surface area contributed by atoms with Crippen molar-refractivity contribution in [3.8, 4) is 17.2 Å². The largest absolute Gasteiger partial charge is 0.491 e. The number of benzene rings is 2. The molecule has 0 spiro atoms. The number of hydrogen-bond acceptors (Lipinski definition) is 8. The molecule has 1 saturated heterocycles. The van der Waals surface area contributed by atoms with Gasteiger partial charge in [-0.05, 0) is 63.1 Å². The molecule has 6 rings (SSSR count). The van der Waals surface area contributed by atoms with Crippen molar-refractivity contribution in [3.63, 3.8) is 0 Å². The van der Waals surface area contributed by atoms with Gasteiger partial charge in [-0.25, -0.2) is 9.97 Å². The average Bonchev–Trinajstić information content (AvgIpc) is 3.46. The van der Waals surface area contributed by atoms with Gasteiger partial charge in [0.15, 0.2) is 0 Å². The van der Waals surface area contributed by atoms with Gasteiger partial charge in [-0.1, -0.05) is 12.1 Å². The summed E-state index contributed by atoms with van der Waals surface area (Å²) in [6.07, 6.45) is 5.06. The normalized spacial score (nSPS) is 19.2. The van der Waals surface area contributed by atoms with Crippen LogP contribution in [0.1, 0.15) is 53.6 Å². The van der Waals surface area contributed by atoms with E-state index in [4.69, 9.17) is 14.2 Å². The van der Waals surface area contributed by atoms with Gasteiger partial charge in [0.1, 0.15) is 22.9 Å². The smallest absolute Gasteiger partial charge is 0.274 e. The van der Waals surface area contributed by atoms with Crippen LogP contribution in [0.15, 0.2) is 67.1 Å². The van der Waals surface area contributed by atoms with Crippen molar-refractivity contribution in [2.45, 2.75) is 52.0 Å². The maximum Gasteiger partial charge on any atom is 0.274 e. The second-order valence-electron chi connectivity index (χ2n) is 11.4. The second-order valence-corrected chi connectivity index (χ2v) is 11.4. The lowest BCUT2D eigenvalue weighted by atomic mass is 10.0. The first kappa shape index (κ1) is 30.1. The van der Waals surface area contributed by atoms with E-state index in [1.54, 1.807) is 52.2 Å². The van der Waals surface area contributed by atoms with Gasteiger partial charge in [-0.2, -0.15) is 0 Å². The Morgan fingerprint density at radius 2 is 2.00 bits per heavy atom. The minimum atomic E-state index is -0.513. The molecular formula is C33H36N6O6. The zero-order valence-corrected chi connectivity index (χ0v) is 25.5. The third-order valence-electron chi connectivity index (χ3n) is 7.74. The van der Waals surface area contributed by atoms with E-state index in [2.05, 4.69) is 15.3 Å². The predicted octanol–water partition coefficient (Wildman–Crippen LogP) is 3.70. The molecule has 2 atom stereocenters. The van der Waals surface area contributed by atoms with Crippen molar-refractivity contribution < 1.29 is 28.6 Å².